The van der Waals surface area contributed by atoms with Crippen molar-refractivity contribution in [1.29, 1.82) is 0 Å². The highest BCUT2D eigenvalue weighted by molar-refractivity contribution is 5.87. The van der Waals surface area contributed by atoms with Crippen LogP contribution in [-0.2, 0) is 9.59 Å². The zero-order valence-corrected chi connectivity index (χ0v) is 12.5. The molecule has 2 N–H and O–H groups in total. The fourth-order valence-electron chi connectivity index (χ4n) is 1.68. The summed E-state index contributed by atoms with van der Waals surface area (Å²) in [5.41, 5.74) is 0.652. The van der Waals surface area contributed by atoms with E-state index < -0.39 is 5.97 Å². The van der Waals surface area contributed by atoms with Crippen molar-refractivity contribution >= 4 is 23.8 Å². The van der Waals surface area contributed by atoms with Gasteiger partial charge in [0.25, 0.3) is 0 Å². The van der Waals surface area contributed by atoms with E-state index in [-0.39, 0.29) is 12.5 Å². The minimum absolute atomic E-state index is 0.0926. The minimum atomic E-state index is -1.03. The van der Waals surface area contributed by atoms with E-state index in [0.717, 1.165) is 6.08 Å². The van der Waals surface area contributed by atoms with E-state index in [9.17, 15) is 9.59 Å². The topological polar surface area (TPSA) is 82.5 Å². The van der Waals surface area contributed by atoms with E-state index in [1.54, 1.807) is 30.3 Å². The molecule has 0 radical (unpaired) electrons. The number of amides is 1. The van der Waals surface area contributed by atoms with Crippen LogP contribution in [0, 0.1) is 5.92 Å². The first-order valence-corrected chi connectivity index (χ1v) is 6.74. The number of aliphatic carboxylic acids is 1. The van der Waals surface area contributed by atoms with Crippen LogP contribution < -0.4 is 10.2 Å². The van der Waals surface area contributed by atoms with Crippen molar-refractivity contribution in [2.45, 2.75) is 13.8 Å². The molecular formula is C15H21N3O3. The molecule has 0 fully saturated rings. The monoisotopic (exact) mass is 291 g/mol. The van der Waals surface area contributed by atoms with Crippen molar-refractivity contribution in [2.75, 3.05) is 25.0 Å². The molecule has 0 aromatic carbocycles. The van der Waals surface area contributed by atoms with E-state index >= 15 is 0 Å². The van der Waals surface area contributed by atoms with Gasteiger partial charge in [-0.05, 0) is 24.1 Å². The average molecular weight is 291 g/mol. The molecule has 6 heteroatoms. The number of carbonyl (C=O) groups excluding carboxylic acids is 1. The van der Waals surface area contributed by atoms with Gasteiger partial charge in [0.15, 0.2) is 0 Å². The van der Waals surface area contributed by atoms with Crippen molar-refractivity contribution in [3.8, 4) is 0 Å². The number of hydrogen-bond donors (Lipinski definition) is 2. The molecule has 21 heavy (non-hydrogen) atoms. The van der Waals surface area contributed by atoms with Crippen LogP contribution in [0.15, 0.2) is 24.4 Å². The molecular weight excluding hydrogens is 270 g/mol. The van der Waals surface area contributed by atoms with Crippen LogP contribution in [-0.4, -0.2) is 42.1 Å². The molecule has 1 aromatic heterocycles. The Morgan fingerprint density at radius 3 is 2.81 bits per heavy atom. The van der Waals surface area contributed by atoms with Gasteiger partial charge in [-0.2, -0.15) is 0 Å². The first-order chi connectivity index (χ1) is 9.90. The Morgan fingerprint density at radius 2 is 2.19 bits per heavy atom. The molecule has 1 rings (SSSR count). The third-order valence-electron chi connectivity index (χ3n) is 2.67. The summed E-state index contributed by atoms with van der Waals surface area (Å²) in [4.78, 5) is 28.3. The Labute approximate surface area is 124 Å². The van der Waals surface area contributed by atoms with E-state index in [4.69, 9.17) is 5.11 Å². The van der Waals surface area contributed by atoms with Crippen LogP contribution in [0.4, 0.5) is 5.82 Å². The summed E-state index contributed by atoms with van der Waals surface area (Å²) in [6.07, 6.45) is 4.12. The average Bonchev–Trinajstić information content (AvgIpc) is 2.43. The van der Waals surface area contributed by atoms with Crippen molar-refractivity contribution in [3.05, 3.63) is 30.0 Å². The van der Waals surface area contributed by atoms with Crippen molar-refractivity contribution in [2.24, 2.45) is 5.92 Å². The molecule has 0 aliphatic carbocycles. The number of nitrogens with one attached hydrogen (secondary N) is 1. The lowest BCUT2D eigenvalue weighted by Crippen LogP contribution is -2.37. The van der Waals surface area contributed by atoms with Gasteiger partial charge in [0, 0.05) is 31.4 Å². The van der Waals surface area contributed by atoms with Gasteiger partial charge >= 0.3 is 5.97 Å². The Balaban J connectivity index is 2.75. The third kappa shape index (κ3) is 6.07. The van der Waals surface area contributed by atoms with Crippen LogP contribution in [0.3, 0.4) is 0 Å². The van der Waals surface area contributed by atoms with Crippen LogP contribution in [0.1, 0.15) is 19.4 Å². The molecule has 6 nitrogen and oxygen atoms in total. The number of carboxylic acid groups (broad SMARTS) is 1. The highest BCUT2D eigenvalue weighted by atomic mass is 16.4. The van der Waals surface area contributed by atoms with Crippen LogP contribution >= 0.6 is 0 Å². The number of carboxylic acids is 1. The SMILES string of the molecule is CC(C)CNC(=O)CN(C)c1ncccc1/C=C/C(=O)O. The highest BCUT2D eigenvalue weighted by Crippen LogP contribution is 2.17. The van der Waals surface area contributed by atoms with Gasteiger partial charge in [-0.25, -0.2) is 9.78 Å². The maximum Gasteiger partial charge on any atom is 0.328 e. The largest absolute Gasteiger partial charge is 0.478 e. The van der Waals surface area contributed by atoms with Gasteiger partial charge in [-0.15, -0.1) is 0 Å². The van der Waals surface area contributed by atoms with E-state index in [0.29, 0.717) is 23.8 Å². The summed E-state index contributed by atoms with van der Waals surface area (Å²) in [5, 5.41) is 11.5. The number of anilines is 1. The Kier molecular flexibility index (Phi) is 6.39. The number of nitrogens with zero attached hydrogens (tertiary/aromatic N) is 2. The van der Waals surface area contributed by atoms with Crippen LogP contribution in [0.25, 0.3) is 6.08 Å². The standard InChI is InChI=1S/C15H21N3O3/c1-11(2)9-17-13(19)10-18(3)15-12(5-4-8-16-15)6-7-14(20)21/h4-8,11H,9-10H2,1-3H3,(H,17,19)(H,20,21)/b7-6+. The lowest BCUT2D eigenvalue weighted by Gasteiger charge is -2.20. The molecule has 0 unspecified atom stereocenters. The van der Waals surface area contributed by atoms with Gasteiger partial charge in [0.1, 0.15) is 5.82 Å². The van der Waals surface area contributed by atoms with Crippen molar-refractivity contribution < 1.29 is 14.7 Å². The Bertz CT molecular complexity index is 527. The molecule has 0 aliphatic heterocycles. The van der Waals surface area contributed by atoms with Gasteiger partial charge in [-0.3, -0.25) is 4.79 Å². The third-order valence-corrected chi connectivity index (χ3v) is 2.67. The zero-order chi connectivity index (χ0) is 15.8. The van der Waals surface area contributed by atoms with Crippen LogP contribution in [0.2, 0.25) is 0 Å². The molecule has 1 aromatic rings. The lowest BCUT2D eigenvalue weighted by molar-refractivity contribution is -0.131. The van der Waals surface area contributed by atoms with E-state index in [2.05, 4.69) is 10.3 Å². The summed E-state index contributed by atoms with van der Waals surface area (Å²) in [6.45, 7) is 4.84. The molecule has 0 aliphatic rings. The second-order valence-electron chi connectivity index (χ2n) is 5.14. The number of aromatic nitrogens is 1. The smallest absolute Gasteiger partial charge is 0.328 e. The summed E-state index contributed by atoms with van der Waals surface area (Å²) in [5.74, 6) is -0.162. The Hall–Kier alpha value is -2.37. The van der Waals surface area contributed by atoms with E-state index in [1.807, 2.05) is 13.8 Å². The van der Waals surface area contributed by atoms with Gasteiger partial charge < -0.3 is 15.3 Å². The lowest BCUT2D eigenvalue weighted by atomic mass is 10.2. The van der Waals surface area contributed by atoms with Crippen molar-refractivity contribution in [3.63, 3.8) is 0 Å². The summed E-state index contributed by atoms with van der Waals surface area (Å²) in [6, 6.07) is 3.47. The molecule has 0 spiro atoms. The summed E-state index contributed by atoms with van der Waals surface area (Å²) >= 11 is 0. The predicted molar refractivity (Wildman–Crippen MR) is 82.0 cm³/mol. The Morgan fingerprint density at radius 1 is 1.48 bits per heavy atom. The molecule has 0 bridgehead atoms. The fraction of sp³-hybridized carbons (Fsp3) is 0.400. The maximum absolute atomic E-state index is 11.8. The quantitative estimate of drug-likeness (QED) is 0.742. The van der Waals surface area contributed by atoms with E-state index in [1.165, 1.54) is 6.08 Å². The molecule has 1 heterocycles. The number of carbonyl (C=O) groups is 2. The first kappa shape index (κ1) is 16.7. The number of rotatable bonds is 7. The minimum Gasteiger partial charge on any atom is -0.478 e. The molecule has 114 valence electrons. The second-order valence-corrected chi connectivity index (χ2v) is 5.14. The second kappa shape index (κ2) is 8.04. The fourth-order valence-corrected chi connectivity index (χ4v) is 1.68. The summed E-state index contributed by atoms with van der Waals surface area (Å²) < 4.78 is 0. The first-order valence-electron chi connectivity index (χ1n) is 6.74. The molecule has 0 atom stereocenters. The normalized spacial score (nSPS) is 10.9. The number of likely N-dealkylation sites (N-methyl/N-ethyl adjacent to an activating group) is 1. The molecule has 0 saturated carbocycles. The summed E-state index contributed by atoms with van der Waals surface area (Å²) in [7, 11) is 1.75. The van der Waals surface area contributed by atoms with Gasteiger partial charge in [0.2, 0.25) is 5.91 Å². The van der Waals surface area contributed by atoms with Crippen LogP contribution in [0.5, 0.6) is 0 Å². The number of pyridine rings is 1. The molecule has 0 saturated heterocycles. The van der Waals surface area contributed by atoms with Gasteiger partial charge in [-0.1, -0.05) is 13.8 Å². The zero-order valence-electron chi connectivity index (χ0n) is 12.5. The van der Waals surface area contributed by atoms with Gasteiger partial charge in [0.05, 0.1) is 6.54 Å². The maximum atomic E-state index is 11.8. The predicted octanol–water partition coefficient (Wildman–Crippen LogP) is 1.39. The highest BCUT2D eigenvalue weighted by Gasteiger charge is 2.11. The van der Waals surface area contributed by atoms with Crippen molar-refractivity contribution in [1.82, 2.24) is 10.3 Å². The number of hydrogen-bond acceptors (Lipinski definition) is 4. The molecule has 1 amide bonds.